The summed E-state index contributed by atoms with van der Waals surface area (Å²) in [6.07, 6.45) is 0. The largest absolute Gasteiger partial charge is 0.496 e. The molecule has 3 rings (SSSR count). The van der Waals surface area contributed by atoms with Crippen molar-refractivity contribution in [3.8, 4) is 5.75 Å². The van der Waals surface area contributed by atoms with E-state index in [0.717, 1.165) is 11.3 Å². The fraction of sp³-hybridized carbons (Fsp3) is 0.182. The standard InChI is InChI=1S/C22H24N2O3S/c1-16-5-4-6-18(13-16)15-23-19-7-9-20(10-8-19)24-28(25,26)21-11-12-22(27-3)17(2)14-21/h4-14,23-24H,15H2,1-3H3. The second kappa shape index (κ2) is 8.35. The van der Waals surface area contributed by atoms with Crippen molar-refractivity contribution in [2.45, 2.75) is 25.3 Å². The number of benzene rings is 3. The molecule has 0 spiro atoms. The second-order valence-electron chi connectivity index (χ2n) is 6.66. The van der Waals surface area contributed by atoms with Crippen LogP contribution in [-0.2, 0) is 16.6 Å². The minimum atomic E-state index is -3.66. The van der Waals surface area contributed by atoms with E-state index in [1.807, 2.05) is 25.1 Å². The molecule has 0 saturated carbocycles. The molecule has 2 N–H and O–H groups in total. The summed E-state index contributed by atoms with van der Waals surface area (Å²) in [6, 6.07) is 20.3. The van der Waals surface area contributed by atoms with Crippen LogP contribution in [-0.4, -0.2) is 15.5 Å². The summed E-state index contributed by atoms with van der Waals surface area (Å²) in [4.78, 5) is 0.201. The van der Waals surface area contributed by atoms with Gasteiger partial charge in [-0.05, 0) is 67.4 Å². The first-order valence-corrected chi connectivity index (χ1v) is 10.4. The molecule has 0 aromatic heterocycles. The third-order valence-electron chi connectivity index (χ3n) is 4.39. The maximum Gasteiger partial charge on any atom is 0.261 e. The topological polar surface area (TPSA) is 67.4 Å². The summed E-state index contributed by atoms with van der Waals surface area (Å²) in [5.41, 5.74) is 4.61. The highest BCUT2D eigenvalue weighted by Crippen LogP contribution is 2.24. The van der Waals surface area contributed by atoms with Crippen LogP contribution in [0.1, 0.15) is 16.7 Å². The molecule has 0 aliphatic carbocycles. The third-order valence-corrected chi connectivity index (χ3v) is 5.77. The van der Waals surface area contributed by atoms with Gasteiger partial charge in [-0.15, -0.1) is 0 Å². The Morgan fingerprint density at radius 2 is 1.61 bits per heavy atom. The number of anilines is 2. The van der Waals surface area contributed by atoms with Gasteiger partial charge in [-0.2, -0.15) is 0 Å². The average Bonchev–Trinajstić information content (AvgIpc) is 2.67. The first kappa shape index (κ1) is 19.8. The van der Waals surface area contributed by atoms with Crippen LogP contribution >= 0.6 is 0 Å². The monoisotopic (exact) mass is 396 g/mol. The van der Waals surface area contributed by atoms with E-state index in [9.17, 15) is 8.42 Å². The van der Waals surface area contributed by atoms with Gasteiger partial charge in [0.25, 0.3) is 10.0 Å². The normalized spacial score (nSPS) is 11.1. The van der Waals surface area contributed by atoms with Crippen LogP contribution in [0.5, 0.6) is 5.75 Å². The summed E-state index contributed by atoms with van der Waals surface area (Å²) >= 11 is 0. The highest BCUT2D eigenvalue weighted by Gasteiger charge is 2.15. The van der Waals surface area contributed by atoms with Crippen molar-refractivity contribution in [1.82, 2.24) is 0 Å². The molecule has 3 aromatic rings. The fourth-order valence-corrected chi connectivity index (χ4v) is 4.06. The summed E-state index contributed by atoms with van der Waals surface area (Å²) < 4.78 is 33.0. The van der Waals surface area contributed by atoms with E-state index in [4.69, 9.17) is 4.74 Å². The van der Waals surface area contributed by atoms with Crippen LogP contribution < -0.4 is 14.8 Å². The number of hydrogen-bond donors (Lipinski definition) is 2. The zero-order chi connectivity index (χ0) is 20.1. The molecule has 0 unspecified atom stereocenters. The molecule has 146 valence electrons. The number of nitrogens with one attached hydrogen (secondary N) is 2. The lowest BCUT2D eigenvalue weighted by Crippen LogP contribution is -2.13. The maximum absolute atomic E-state index is 12.6. The van der Waals surface area contributed by atoms with E-state index in [1.165, 1.54) is 17.2 Å². The summed E-state index contributed by atoms with van der Waals surface area (Å²) in [6.45, 7) is 4.58. The second-order valence-corrected chi connectivity index (χ2v) is 8.34. The van der Waals surface area contributed by atoms with E-state index in [-0.39, 0.29) is 4.90 Å². The molecule has 5 nitrogen and oxygen atoms in total. The molecule has 0 aliphatic heterocycles. The Labute approximate surface area is 166 Å². The minimum Gasteiger partial charge on any atom is -0.496 e. The van der Waals surface area contributed by atoms with Crippen molar-refractivity contribution in [1.29, 1.82) is 0 Å². The molecular formula is C22H24N2O3S. The van der Waals surface area contributed by atoms with Crippen LogP contribution in [0.2, 0.25) is 0 Å². The van der Waals surface area contributed by atoms with Crippen LogP contribution in [0.3, 0.4) is 0 Å². The number of rotatable bonds is 7. The molecule has 28 heavy (non-hydrogen) atoms. The van der Waals surface area contributed by atoms with Crippen molar-refractivity contribution in [2.75, 3.05) is 17.1 Å². The maximum atomic E-state index is 12.6. The predicted molar refractivity (Wildman–Crippen MR) is 113 cm³/mol. The van der Waals surface area contributed by atoms with Crippen molar-refractivity contribution in [3.05, 3.63) is 83.4 Å². The van der Waals surface area contributed by atoms with Gasteiger partial charge in [0.2, 0.25) is 0 Å². The Kier molecular flexibility index (Phi) is 5.90. The highest BCUT2D eigenvalue weighted by molar-refractivity contribution is 7.92. The van der Waals surface area contributed by atoms with E-state index < -0.39 is 10.0 Å². The SMILES string of the molecule is COc1ccc(S(=O)(=O)Nc2ccc(NCc3cccc(C)c3)cc2)cc1C. The van der Waals surface area contributed by atoms with Crippen LogP contribution in [0.4, 0.5) is 11.4 Å². The van der Waals surface area contributed by atoms with Crippen molar-refractivity contribution in [2.24, 2.45) is 0 Å². The van der Waals surface area contributed by atoms with Crippen molar-refractivity contribution in [3.63, 3.8) is 0 Å². The molecule has 0 heterocycles. The molecule has 0 bridgehead atoms. The van der Waals surface area contributed by atoms with Gasteiger partial charge in [0, 0.05) is 17.9 Å². The molecule has 0 radical (unpaired) electrons. The summed E-state index contributed by atoms with van der Waals surface area (Å²) in [7, 11) is -2.10. The van der Waals surface area contributed by atoms with Gasteiger partial charge in [0.15, 0.2) is 0 Å². The number of hydrogen-bond acceptors (Lipinski definition) is 4. The van der Waals surface area contributed by atoms with Gasteiger partial charge in [-0.25, -0.2) is 8.42 Å². The molecule has 6 heteroatoms. The van der Waals surface area contributed by atoms with E-state index in [1.54, 1.807) is 31.4 Å². The van der Waals surface area contributed by atoms with Crippen LogP contribution in [0.25, 0.3) is 0 Å². The molecule has 0 amide bonds. The fourth-order valence-electron chi connectivity index (χ4n) is 2.91. The number of aryl methyl sites for hydroxylation is 2. The predicted octanol–water partition coefficient (Wildman–Crippen LogP) is 4.72. The number of sulfonamides is 1. The average molecular weight is 397 g/mol. The van der Waals surface area contributed by atoms with E-state index >= 15 is 0 Å². The Hall–Kier alpha value is -2.99. The van der Waals surface area contributed by atoms with Gasteiger partial charge < -0.3 is 10.1 Å². The van der Waals surface area contributed by atoms with E-state index in [2.05, 4.69) is 35.2 Å². The Morgan fingerprint density at radius 1 is 0.893 bits per heavy atom. The molecular weight excluding hydrogens is 372 g/mol. The Morgan fingerprint density at radius 3 is 2.25 bits per heavy atom. The molecule has 0 saturated heterocycles. The molecule has 3 aromatic carbocycles. The Balaban J connectivity index is 1.67. The van der Waals surface area contributed by atoms with Crippen LogP contribution in [0.15, 0.2) is 71.6 Å². The number of methoxy groups -OCH3 is 1. The van der Waals surface area contributed by atoms with Crippen molar-refractivity contribution < 1.29 is 13.2 Å². The van der Waals surface area contributed by atoms with Gasteiger partial charge in [-0.1, -0.05) is 29.8 Å². The molecule has 0 atom stereocenters. The molecule has 0 aliphatic rings. The summed E-state index contributed by atoms with van der Waals surface area (Å²) in [5.74, 6) is 0.656. The van der Waals surface area contributed by atoms with Crippen LogP contribution in [0, 0.1) is 13.8 Å². The minimum absolute atomic E-state index is 0.201. The highest BCUT2D eigenvalue weighted by atomic mass is 32.2. The zero-order valence-corrected chi connectivity index (χ0v) is 17.0. The lowest BCUT2D eigenvalue weighted by atomic mass is 10.1. The lowest BCUT2D eigenvalue weighted by Gasteiger charge is -2.12. The van der Waals surface area contributed by atoms with Crippen molar-refractivity contribution >= 4 is 21.4 Å². The lowest BCUT2D eigenvalue weighted by molar-refractivity contribution is 0.411. The smallest absolute Gasteiger partial charge is 0.261 e. The summed E-state index contributed by atoms with van der Waals surface area (Å²) in [5, 5.41) is 3.34. The molecule has 0 fully saturated rings. The first-order chi connectivity index (χ1) is 13.4. The van der Waals surface area contributed by atoms with Gasteiger partial charge in [-0.3, -0.25) is 4.72 Å². The van der Waals surface area contributed by atoms with Gasteiger partial charge >= 0.3 is 0 Å². The first-order valence-electron chi connectivity index (χ1n) is 8.94. The quantitative estimate of drug-likeness (QED) is 0.606. The van der Waals surface area contributed by atoms with Gasteiger partial charge in [0.05, 0.1) is 12.0 Å². The van der Waals surface area contributed by atoms with E-state index in [0.29, 0.717) is 18.0 Å². The Bertz CT molecular complexity index is 1060. The van der Waals surface area contributed by atoms with Gasteiger partial charge in [0.1, 0.15) is 5.75 Å². The number of ether oxygens (including phenoxy) is 1. The third kappa shape index (κ3) is 4.84. The zero-order valence-electron chi connectivity index (χ0n) is 16.2.